The molecule has 1 aliphatic heterocycles. The fourth-order valence-electron chi connectivity index (χ4n) is 2.81. The molecule has 5 heteroatoms. The minimum Gasteiger partial charge on any atom is -0.339 e. The Bertz CT molecular complexity index is 531. The third-order valence-corrected chi connectivity index (χ3v) is 3.94. The smallest absolute Gasteiger partial charge is 0.246 e. The number of hydrogen-bond acceptors (Lipinski definition) is 2. The summed E-state index contributed by atoms with van der Waals surface area (Å²) in [6.45, 7) is 4.40. The van der Waals surface area contributed by atoms with Crippen LogP contribution in [-0.2, 0) is 4.79 Å². The molecular weight excluding hydrogens is 303 g/mol. The molecule has 1 saturated heterocycles. The predicted molar refractivity (Wildman–Crippen MR) is 90.5 cm³/mol. The van der Waals surface area contributed by atoms with Crippen LogP contribution in [-0.4, -0.2) is 37.5 Å². The SMILES string of the molecule is CNCC1CCCN(C(=O)C=C(C)c2cccc(F)c2)C1.Cl. The van der Waals surface area contributed by atoms with Crippen molar-refractivity contribution >= 4 is 23.9 Å². The normalized spacial score (nSPS) is 18.8. The highest BCUT2D eigenvalue weighted by Gasteiger charge is 2.22. The van der Waals surface area contributed by atoms with Crippen LogP contribution in [0.2, 0.25) is 0 Å². The van der Waals surface area contributed by atoms with Crippen molar-refractivity contribution in [2.24, 2.45) is 5.92 Å². The largest absolute Gasteiger partial charge is 0.339 e. The van der Waals surface area contributed by atoms with E-state index in [1.54, 1.807) is 12.1 Å². The average Bonchev–Trinajstić information content (AvgIpc) is 2.48. The Hall–Kier alpha value is -1.39. The molecule has 1 N–H and O–H groups in total. The molecule has 0 radical (unpaired) electrons. The van der Waals surface area contributed by atoms with Crippen LogP contribution in [0.1, 0.15) is 25.3 Å². The van der Waals surface area contributed by atoms with Crippen LogP contribution in [0, 0.1) is 11.7 Å². The summed E-state index contributed by atoms with van der Waals surface area (Å²) in [5.41, 5.74) is 1.56. The molecule has 0 aromatic heterocycles. The molecule has 0 bridgehead atoms. The number of amides is 1. The van der Waals surface area contributed by atoms with Gasteiger partial charge in [-0.1, -0.05) is 12.1 Å². The molecule has 22 heavy (non-hydrogen) atoms. The number of likely N-dealkylation sites (tertiary alicyclic amines) is 1. The van der Waals surface area contributed by atoms with Gasteiger partial charge in [0.1, 0.15) is 5.82 Å². The molecule has 1 aromatic carbocycles. The first kappa shape index (κ1) is 18.7. The van der Waals surface area contributed by atoms with E-state index >= 15 is 0 Å². The quantitative estimate of drug-likeness (QED) is 0.862. The Morgan fingerprint density at radius 2 is 2.27 bits per heavy atom. The number of piperidine rings is 1. The molecule has 1 unspecified atom stereocenters. The molecule has 2 rings (SSSR count). The Labute approximate surface area is 138 Å². The summed E-state index contributed by atoms with van der Waals surface area (Å²) in [7, 11) is 1.94. The third-order valence-electron chi connectivity index (χ3n) is 3.94. The molecule has 1 aromatic rings. The van der Waals surface area contributed by atoms with Crippen LogP contribution in [0.3, 0.4) is 0 Å². The molecule has 1 heterocycles. The lowest BCUT2D eigenvalue weighted by atomic mass is 9.97. The molecule has 1 fully saturated rings. The van der Waals surface area contributed by atoms with Gasteiger partial charge in [0.25, 0.3) is 0 Å². The van der Waals surface area contributed by atoms with E-state index in [2.05, 4.69) is 5.32 Å². The van der Waals surface area contributed by atoms with Crippen molar-refractivity contribution in [1.29, 1.82) is 0 Å². The number of allylic oxidation sites excluding steroid dienone is 1. The molecule has 122 valence electrons. The predicted octanol–water partition coefficient (Wildman–Crippen LogP) is 3.11. The Morgan fingerprint density at radius 1 is 1.50 bits per heavy atom. The topological polar surface area (TPSA) is 32.3 Å². The lowest BCUT2D eigenvalue weighted by molar-refractivity contribution is -0.127. The molecule has 1 atom stereocenters. The summed E-state index contributed by atoms with van der Waals surface area (Å²) in [6.07, 6.45) is 3.83. The Kier molecular flexibility index (Phi) is 7.56. The fraction of sp³-hybridized carbons (Fsp3) is 0.471. The van der Waals surface area contributed by atoms with Crippen molar-refractivity contribution in [1.82, 2.24) is 10.2 Å². The molecule has 0 spiro atoms. The second-order valence-corrected chi connectivity index (χ2v) is 5.69. The van der Waals surface area contributed by atoms with Crippen LogP contribution in [0.4, 0.5) is 4.39 Å². The summed E-state index contributed by atoms with van der Waals surface area (Å²) in [6, 6.07) is 6.35. The van der Waals surface area contributed by atoms with Crippen LogP contribution >= 0.6 is 12.4 Å². The summed E-state index contributed by atoms with van der Waals surface area (Å²) >= 11 is 0. The summed E-state index contributed by atoms with van der Waals surface area (Å²) in [4.78, 5) is 14.2. The zero-order chi connectivity index (χ0) is 15.2. The number of nitrogens with zero attached hydrogens (tertiary/aromatic N) is 1. The Morgan fingerprint density at radius 3 is 2.95 bits per heavy atom. The van der Waals surface area contributed by atoms with Gasteiger partial charge in [0, 0.05) is 19.2 Å². The number of benzene rings is 1. The van der Waals surface area contributed by atoms with E-state index in [4.69, 9.17) is 0 Å². The highest BCUT2D eigenvalue weighted by Crippen LogP contribution is 2.19. The van der Waals surface area contributed by atoms with E-state index in [0.717, 1.165) is 43.6 Å². The number of halogens is 2. The van der Waals surface area contributed by atoms with Crippen molar-refractivity contribution in [2.75, 3.05) is 26.7 Å². The third kappa shape index (κ3) is 5.11. The number of hydrogen-bond donors (Lipinski definition) is 1. The number of nitrogens with one attached hydrogen (secondary N) is 1. The summed E-state index contributed by atoms with van der Waals surface area (Å²) in [5, 5.41) is 3.17. The van der Waals surface area contributed by atoms with Gasteiger partial charge in [-0.2, -0.15) is 0 Å². The van der Waals surface area contributed by atoms with E-state index < -0.39 is 0 Å². The first-order valence-electron chi connectivity index (χ1n) is 7.48. The standard InChI is InChI=1S/C17H23FN2O.ClH/c1-13(15-6-3-7-16(18)10-15)9-17(21)20-8-4-5-14(12-20)11-19-2;/h3,6-7,9-10,14,19H,4-5,8,11-12H2,1-2H3;1H. The van der Waals surface area contributed by atoms with Gasteiger partial charge in [-0.25, -0.2) is 4.39 Å². The summed E-state index contributed by atoms with van der Waals surface area (Å²) in [5.74, 6) is 0.271. The maximum absolute atomic E-state index is 13.2. The molecule has 0 saturated carbocycles. The van der Waals surface area contributed by atoms with Crippen LogP contribution in [0.15, 0.2) is 30.3 Å². The van der Waals surface area contributed by atoms with Crippen molar-refractivity contribution < 1.29 is 9.18 Å². The highest BCUT2D eigenvalue weighted by atomic mass is 35.5. The maximum Gasteiger partial charge on any atom is 0.246 e. The first-order valence-corrected chi connectivity index (χ1v) is 7.48. The second kappa shape index (κ2) is 8.91. The Balaban J connectivity index is 0.00000242. The summed E-state index contributed by atoms with van der Waals surface area (Å²) < 4.78 is 13.2. The zero-order valence-corrected chi connectivity index (χ0v) is 14.0. The van der Waals surface area contributed by atoms with Gasteiger partial charge in [-0.15, -0.1) is 12.4 Å². The van der Waals surface area contributed by atoms with Crippen molar-refractivity contribution in [3.63, 3.8) is 0 Å². The highest BCUT2D eigenvalue weighted by molar-refractivity contribution is 5.94. The number of carbonyl (C=O) groups is 1. The van der Waals surface area contributed by atoms with Gasteiger partial charge in [-0.05, 0) is 62.5 Å². The van der Waals surface area contributed by atoms with Gasteiger partial charge < -0.3 is 10.2 Å². The van der Waals surface area contributed by atoms with E-state index in [-0.39, 0.29) is 24.1 Å². The van der Waals surface area contributed by atoms with Gasteiger partial charge in [0.15, 0.2) is 0 Å². The van der Waals surface area contributed by atoms with E-state index in [1.807, 2.05) is 24.9 Å². The number of carbonyl (C=O) groups excluding carboxylic acids is 1. The van der Waals surface area contributed by atoms with Gasteiger partial charge >= 0.3 is 0 Å². The van der Waals surface area contributed by atoms with E-state index in [0.29, 0.717) is 5.92 Å². The lowest BCUT2D eigenvalue weighted by Crippen LogP contribution is -2.41. The van der Waals surface area contributed by atoms with Crippen LogP contribution in [0.5, 0.6) is 0 Å². The minimum atomic E-state index is -0.278. The molecule has 0 aliphatic carbocycles. The van der Waals surface area contributed by atoms with Crippen molar-refractivity contribution in [3.05, 3.63) is 41.7 Å². The maximum atomic E-state index is 13.2. The van der Waals surface area contributed by atoms with Crippen LogP contribution in [0.25, 0.3) is 5.57 Å². The lowest BCUT2D eigenvalue weighted by Gasteiger charge is -2.32. The second-order valence-electron chi connectivity index (χ2n) is 5.69. The van der Waals surface area contributed by atoms with Gasteiger partial charge in [0.2, 0.25) is 5.91 Å². The average molecular weight is 327 g/mol. The molecule has 1 aliphatic rings. The molecule has 1 amide bonds. The van der Waals surface area contributed by atoms with Crippen molar-refractivity contribution in [3.8, 4) is 0 Å². The first-order chi connectivity index (χ1) is 10.1. The molecule has 3 nitrogen and oxygen atoms in total. The van der Waals surface area contributed by atoms with E-state index in [1.165, 1.54) is 12.1 Å². The molecular formula is C17H24ClFN2O. The van der Waals surface area contributed by atoms with Crippen LogP contribution < -0.4 is 5.32 Å². The van der Waals surface area contributed by atoms with Crippen molar-refractivity contribution in [2.45, 2.75) is 19.8 Å². The van der Waals surface area contributed by atoms with Gasteiger partial charge in [0.05, 0.1) is 0 Å². The van der Waals surface area contributed by atoms with Gasteiger partial charge in [-0.3, -0.25) is 4.79 Å². The monoisotopic (exact) mass is 326 g/mol. The minimum absolute atomic E-state index is 0. The van der Waals surface area contributed by atoms with E-state index in [9.17, 15) is 9.18 Å². The fourth-order valence-corrected chi connectivity index (χ4v) is 2.81. The zero-order valence-electron chi connectivity index (χ0n) is 13.1. The number of rotatable bonds is 4.